The van der Waals surface area contributed by atoms with E-state index in [0.717, 1.165) is 25.9 Å². The zero-order valence-corrected chi connectivity index (χ0v) is 11.3. The summed E-state index contributed by atoms with van der Waals surface area (Å²) < 4.78 is 5.57. The van der Waals surface area contributed by atoms with Crippen molar-refractivity contribution in [1.29, 1.82) is 0 Å². The fourth-order valence-electron chi connectivity index (χ4n) is 2.15. The largest absolute Gasteiger partial charge is 0.376 e. The van der Waals surface area contributed by atoms with Crippen molar-refractivity contribution >= 4 is 17.5 Å². The number of hydrogen-bond donors (Lipinski definition) is 3. The fourth-order valence-corrected chi connectivity index (χ4v) is 2.15. The van der Waals surface area contributed by atoms with Gasteiger partial charge in [-0.3, -0.25) is 15.5 Å². The van der Waals surface area contributed by atoms with Crippen molar-refractivity contribution in [3.05, 3.63) is 15.8 Å². The highest BCUT2D eigenvalue weighted by molar-refractivity contribution is 5.60. The molecule has 1 saturated heterocycles. The molecule has 1 aromatic rings. The molecule has 1 aliphatic heterocycles. The first-order chi connectivity index (χ1) is 9.61. The minimum absolute atomic E-state index is 0.0490. The molecule has 9 nitrogen and oxygen atoms in total. The van der Waals surface area contributed by atoms with Gasteiger partial charge in [0.2, 0.25) is 11.8 Å². The number of ether oxygens (including phenoxy) is 1. The summed E-state index contributed by atoms with van der Waals surface area (Å²) in [7, 11) is 0. The Bertz CT molecular complexity index is 489. The number of nitrogen functional groups attached to an aromatic ring is 1. The molecule has 9 heteroatoms. The topological polar surface area (TPSA) is 128 Å². The molecule has 1 unspecified atom stereocenters. The van der Waals surface area contributed by atoms with E-state index in [1.54, 1.807) is 6.92 Å². The molecular weight excluding hydrogens is 264 g/mol. The molecule has 2 rings (SSSR count). The van der Waals surface area contributed by atoms with Crippen molar-refractivity contribution in [2.24, 2.45) is 5.84 Å². The normalized spacial score (nSPS) is 18.6. The lowest BCUT2D eigenvalue weighted by atomic mass is 10.1. The van der Waals surface area contributed by atoms with Crippen LogP contribution in [-0.4, -0.2) is 34.1 Å². The maximum atomic E-state index is 11.1. The fraction of sp³-hybridized carbons (Fsp3) is 0.636. The molecule has 0 aromatic carbocycles. The summed E-state index contributed by atoms with van der Waals surface area (Å²) in [5, 5.41) is 14.1. The number of hydrazine groups is 1. The van der Waals surface area contributed by atoms with Crippen LogP contribution in [0.3, 0.4) is 0 Å². The molecule has 0 spiro atoms. The predicted octanol–water partition coefficient (Wildman–Crippen LogP) is 0.960. The molecule has 1 aliphatic rings. The highest BCUT2D eigenvalue weighted by Crippen LogP contribution is 2.26. The summed E-state index contributed by atoms with van der Waals surface area (Å²) in [6.45, 7) is 2.75. The van der Waals surface area contributed by atoms with E-state index in [1.165, 1.54) is 0 Å². The number of aryl methyl sites for hydroxylation is 1. The van der Waals surface area contributed by atoms with E-state index < -0.39 is 4.92 Å². The molecule has 0 radical (unpaired) electrons. The second-order valence-corrected chi connectivity index (χ2v) is 4.60. The summed E-state index contributed by atoms with van der Waals surface area (Å²) in [6.07, 6.45) is 3.15. The van der Waals surface area contributed by atoms with Crippen molar-refractivity contribution < 1.29 is 9.66 Å². The third-order valence-corrected chi connectivity index (χ3v) is 3.14. The average Bonchev–Trinajstić information content (AvgIpc) is 2.45. The van der Waals surface area contributed by atoms with Gasteiger partial charge in [-0.1, -0.05) is 0 Å². The van der Waals surface area contributed by atoms with Crippen LogP contribution in [-0.2, 0) is 4.74 Å². The van der Waals surface area contributed by atoms with Crippen molar-refractivity contribution in [1.82, 2.24) is 9.97 Å². The number of nitrogens with two attached hydrogens (primary N) is 1. The highest BCUT2D eigenvalue weighted by Gasteiger charge is 2.23. The number of anilines is 2. The van der Waals surface area contributed by atoms with Crippen molar-refractivity contribution in [2.45, 2.75) is 32.3 Å². The summed E-state index contributed by atoms with van der Waals surface area (Å²) in [5.74, 6) is 5.55. The van der Waals surface area contributed by atoms with Gasteiger partial charge in [0, 0.05) is 13.2 Å². The zero-order valence-electron chi connectivity index (χ0n) is 11.3. The lowest BCUT2D eigenvalue weighted by Gasteiger charge is -2.23. The quantitative estimate of drug-likeness (QED) is 0.414. The predicted molar refractivity (Wildman–Crippen MR) is 73.3 cm³/mol. The first kappa shape index (κ1) is 14.4. The van der Waals surface area contributed by atoms with Crippen LogP contribution in [0.2, 0.25) is 0 Å². The monoisotopic (exact) mass is 282 g/mol. The minimum Gasteiger partial charge on any atom is -0.376 e. The van der Waals surface area contributed by atoms with Gasteiger partial charge in [0.25, 0.3) is 0 Å². The minimum atomic E-state index is -0.500. The van der Waals surface area contributed by atoms with Gasteiger partial charge in [0.1, 0.15) is 5.69 Å². The van der Waals surface area contributed by atoms with Crippen LogP contribution in [0.1, 0.15) is 25.0 Å². The van der Waals surface area contributed by atoms with E-state index in [2.05, 4.69) is 20.7 Å². The molecule has 0 aliphatic carbocycles. The maximum Gasteiger partial charge on any atom is 0.332 e. The second-order valence-electron chi connectivity index (χ2n) is 4.60. The van der Waals surface area contributed by atoms with E-state index in [4.69, 9.17) is 10.6 Å². The molecule has 0 saturated carbocycles. The summed E-state index contributed by atoms with van der Waals surface area (Å²) >= 11 is 0. The summed E-state index contributed by atoms with van der Waals surface area (Å²) in [5.41, 5.74) is 2.41. The Labute approximate surface area is 116 Å². The Morgan fingerprint density at radius 1 is 1.50 bits per heavy atom. The Balaban J connectivity index is 2.15. The Kier molecular flexibility index (Phi) is 4.64. The maximum absolute atomic E-state index is 11.1. The molecule has 1 fully saturated rings. The van der Waals surface area contributed by atoms with Gasteiger partial charge in [-0.25, -0.2) is 10.8 Å². The van der Waals surface area contributed by atoms with Crippen LogP contribution in [0, 0.1) is 17.0 Å². The van der Waals surface area contributed by atoms with Crippen molar-refractivity contribution in [2.75, 3.05) is 23.9 Å². The van der Waals surface area contributed by atoms with Gasteiger partial charge in [0.15, 0.2) is 0 Å². The molecule has 1 aromatic heterocycles. The SMILES string of the molecule is Cc1nc(NN)nc(NCC2CCCCO2)c1[N+](=O)[O-]. The van der Waals surface area contributed by atoms with Crippen LogP contribution in [0.4, 0.5) is 17.5 Å². The zero-order chi connectivity index (χ0) is 14.5. The van der Waals surface area contributed by atoms with E-state index in [-0.39, 0.29) is 29.3 Å². The third-order valence-electron chi connectivity index (χ3n) is 3.14. The molecule has 0 bridgehead atoms. The summed E-state index contributed by atoms with van der Waals surface area (Å²) in [4.78, 5) is 18.5. The Morgan fingerprint density at radius 3 is 2.90 bits per heavy atom. The number of rotatable bonds is 5. The Morgan fingerprint density at radius 2 is 2.30 bits per heavy atom. The van der Waals surface area contributed by atoms with Crippen LogP contribution in [0.25, 0.3) is 0 Å². The molecule has 0 amide bonds. The van der Waals surface area contributed by atoms with E-state index in [1.807, 2.05) is 0 Å². The van der Waals surface area contributed by atoms with E-state index in [0.29, 0.717) is 6.54 Å². The average molecular weight is 282 g/mol. The highest BCUT2D eigenvalue weighted by atomic mass is 16.6. The number of aromatic nitrogens is 2. The van der Waals surface area contributed by atoms with Crippen LogP contribution >= 0.6 is 0 Å². The molecule has 1 atom stereocenters. The van der Waals surface area contributed by atoms with E-state index >= 15 is 0 Å². The van der Waals surface area contributed by atoms with Gasteiger partial charge in [0.05, 0.1) is 11.0 Å². The number of nitro groups is 1. The summed E-state index contributed by atoms with van der Waals surface area (Å²) in [6, 6.07) is 0. The lowest BCUT2D eigenvalue weighted by molar-refractivity contribution is -0.385. The number of nitrogens with one attached hydrogen (secondary N) is 2. The molecule has 110 valence electrons. The van der Waals surface area contributed by atoms with Gasteiger partial charge in [-0.2, -0.15) is 4.98 Å². The van der Waals surface area contributed by atoms with E-state index in [9.17, 15) is 10.1 Å². The second kappa shape index (κ2) is 6.44. The van der Waals surface area contributed by atoms with Crippen LogP contribution in [0.5, 0.6) is 0 Å². The van der Waals surface area contributed by atoms with Gasteiger partial charge in [-0.15, -0.1) is 0 Å². The van der Waals surface area contributed by atoms with Gasteiger partial charge < -0.3 is 10.1 Å². The third kappa shape index (κ3) is 3.31. The molecular formula is C11H18N6O3. The molecule has 4 N–H and O–H groups in total. The number of nitrogens with zero attached hydrogens (tertiary/aromatic N) is 3. The van der Waals surface area contributed by atoms with Crippen LogP contribution < -0.4 is 16.6 Å². The van der Waals surface area contributed by atoms with Crippen molar-refractivity contribution in [3.8, 4) is 0 Å². The smallest absolute Gasteiger partial charge is 0.332 e. The lowest BCUT2D eigenvalue weighted by Crippen LogP contribution is -2.27. The van der Waals surface area contributed by atoms with Crippen LogP contribution in [0.15, 0.2) is 0 Å². The first-order valence-corrected chi connectivity index (χ1v) is 6.47. The standard InChI is InChI=1S/C11H18N6O3/c1-7-9(17(18)19)10(15-11(14-7)16-12)13-6-8-4-2-3-5-20-8/h8H,2-6,12H2,1H3,(H2,13,14,15,16). The van der Waals surface area contributed by atoms with Gasteiger partial charge >= 0.3 is 5.69 Å². The Hall–Kier alpha value is -2.00. The van der Waals surface area contributed by atoms with Crippen molar-refractivity contribution in [3.63, 3.8) is 0 Å². The first-order valence-electron chi connectivity index (χ1n) is 6.47. The molecule has 20 heavy (non-hydrogen) atoms. The number of hydrogen-bond acceptors (Lipinski definition) is 8. The molecule has 2 heterocycles. The van der Waals surface area contributed by atoms with Gasteiger partial charge in [-0.05, 0) is 26.2 Å².